The molecule has 1 N–H and O–H groups in total. The molecule has 0 aliphatic carbocycles. The van der Waals surface area contributed by atoms with Crippen LogP contribution < -0.4 is 5.32 Å². The second kappa shape index (κ2) is 17.0. The van der Waals surface area contributed by atoms with Gasteiger partial charge in [-0.3, -0.25) is 9.79 Å². The van der Waals surface area contributed by atoms with Gasteiger partial charge in [0, 0.05) is 34.6 Å². The third kappa shape index (κ3) is 10.7. The Morgan fingerprint density at radius 3 is 2.00 bits per heavy atom. The summed E-state index contributed by atoms with van der Waals surface area (Å²) in [5, 5.41) is 10.0. The van der Waals surface area contributed by atoms with E-state index in [1.165, 1.54) is 27.3 Å². The van der Waals surface area contributed by atoms with Crippen molar-refractivity contribution in [2.24, 2.45) is 21.1 Å². The molecule has 0 saturated heterocycles. The highest BCUT2D eigenvalue weighted by atomic mass is 32.1. The molecule has 0 spiro atoms. The van der Waals surface area contributed by atoms with Gasteiger partial charge in [-0.2, -0.15) is 10.2 Å². The molecule has 6 heteroatoms. The molecular weight excluding hydrogens is 428 g/mol. The topological polar surface area (TPSA) is 66.2 Å². The zero-order valence-corrected chi connectivity index (χ0v) is 22.7. The highest BCUT2D eigenvalue weighted by Crippen LogP contribution is 2.29. The first-order valence-electron chi connectivity index (χ1n) is 11.5. The van der Waals surface area contributed by atoms with Crippen LogP contribution in [0.5, 0.6) is 0 Å². The van der Waals surface area contributed by atoms with Crippen LogP contribution in [0, 0.1) is 26.7 Å². The minimum atomic E-state index is 0.00436. The molecule has 1 heterocycles. The van der Waals surface area contributed by atoms with E-state index in [0.717, 1.165) is 29.3 Å². The summed E-state index contributed by atoms with van der Waals surface area (Å²) < 4.78 is 0. The number of nitrogens with zero attached hydrogens (tertiary/aromatic N) is 3. The van der Waals surface area contributed by atoms with Gasteiger partial charge in [-0.15, -0.1) is 11.3 Å². The normalized spacial score (nSPS) is 12.2. The third-order valence-electron chi connectivity index (χ3n) is 5.16. The Labute approximate surface area is 205 Å². The molecule has 0 unspecified atom stereocenters. The van der Waals surface area contributed by atoms with Gasteiger partial charge < -0.3 is 5.32 Å². The fourth-order valence-corrected chi connectivity index (χ4v) is 3.90. The minimum absolute atomic E-state index is 0.00436. The van der Waals surface area contributed by atoms with E-state index in [9.17, 15) is 0 Å². The highest BCUT2D eigenvalue weighted by Gasteiger charge is 2.19. The van der Waals surface area contributed by atoms with E-state index in [2.05, 4.69) is 95.0 Å². The zero-order valence-electron chi connectivity index (χ0n) is 21.9. The van der Waals surface area contributed by atoms with Crippen molar-refractivity contribution >= 4 is 35.9 Å². The summed E-state index contributed by atoms with van der Waals surface area (Å²) in [4.78, 5) is 16.8. The number of rotatable bonds is 8. The number of hydrogen-bond donors (Lipinski definition) is 1. The average Bonchev–Trinajstić information content (AvgIpc) is 3.07. The molecule has 1 aromatic heterocycles. The predicted molar refractivity (Wildman–Crippen MR) is 148 cm³/mol. The molecule has 1 aromatic carbocycles. The maximum Gasteiger partial charge on any atom is 0.206 e. The number of benzene rings is 1. The van der Waals surface area contributed by atoms with Crippen LogP contribution in [-0.2, 0) is 4.79 Å². The van der Waals surface area contributed by atoms with E-state index in [1.807, 2.05) is 24.3 Å². The van der Waals surface area contributed by atoms with Crippen molar-refractivity contribution in [3.05, 3.63) is 56.8 Å². The summed E-state index contributed by atoms with van der Waals surface area (Å²) in [6, 6.07) is 10.4. The maximum atomic E-state index is 9.06. The first-order valence-corrected chi connectivity index (χ1v) is 12.3. The lowest BCUT2D eigenvalue weighted by molar-refractivity contribution is -0.109. The molecule has 5 nitrogen and oxygen atoms in total. The van der Waals surface area contributed by atoms with Crippen LogP contribution in [0.3, 0.4) is 0 Å². The van der Waals surface area contributed by atoms with Gasteiger partial charge in [0.15, 0.2) is 0 Å². The molecule has 0 aliphatic rings. The molecule has 0 saturated carbocycles. The van der Waals surface area contributed by atoms with Crippen molar-refractivity contribution in [2.75, 3.05) is 7.05 Å². The Morgan fingerprint density at radius 1 is 1.09 bits per heavy atom. The molecule has 0 bridgehead atoms. The van der Waals surface area contributed by atoms with Crippen LogP contribution in [0.2, 0.25) is 0 Å². The van der Waals surface area contributed by atoms with Gasteiger partial charge in [-0.1, -0.05) is 64.4 Å². The van der Waals surface area contributed by atoms with Crippen molar-refractivity contribution in [2.45, 2.75) is 74.3 Å². The first kappa shape index (κ1) is 30.4. The fourth-order valence-electron chi connectivity index (χ4n) is 2.84. The minimum Gasteiger partial charge on any atom is -0.362 e. The molecular formula is C27H42N4OS. The van der Waals surface area contributed by atoms with Gasteiger partial charge in [0.25, 0.3) is 0 Å². The molecule has 0 fully saturated rings. The van der Waals surface area contributed by atoms with Crippen LogP contribution in [0.25, 0.3) is 0 Å². The summed E-state index contributed by atoms with van der Waals surface area (Å²) >= 11 is 1.83. The first-order chi connectivity index (χ1) is 15.7. The summed E-state index contributed by atoms with van der Waals surface area (Å²) in [6.45, 7) is 20.7. The fraction of sp³-hybridized carbons (Fsp3) is 0.481. The summed E-state index contributed by atoms with van der Waals surface area (Å²) in [5.74, 6) is 0.884. The number of hydrogen-bond acceptors (Lipinski definition) is 5. The van der Waals surface area contributed by atoms with Crippen molar-refractivity contribution in [3.8, 4) is 0 Å². The van der Waals surface area contributed by atoms with E-state index in [1.54, 1.807) is 7.05 Å². The van der Waals surface area contributed by atoms with E-state index >= 15 is 0 Å². The lowest BCUT2D eigenvalue weighted by Crippen LogP contribution is -2.18. The van der Waals surface area contributed by atoms with Crippen LogP contribution in [0.1, 0.15) is 73.9 Å². The number of nitrogens with one attached hydrogen (secondary N) is 1. The zero-order chi connectivity index (χ0) is 25.4. The van der Waals surface area contributed by atoms with Crippen molar-refractivity contribution in [3.63, 3.8) is 0 Å². The van der Waals surface area contributed by atoms with Crippen LogP contribution in [-0.4, -0.2) is 37.6 Å². The maximum absolute atomic E-state index is 9.06. The Kier molecular flexibility index (Phi) is 15.6. The van der Waals surface area contributed by atoms with Crippen LogP contribution >= 0.6 is 11.3 Å². The summed E-state index contributed by atoms with van der Waals surface area (Å²) in [6.07, 6.45) is 2.81. The molecule has 2 rings (SSSR count). The van der Waals surface area contributed by atoms with Crippen LogP contribution in [0.4, 0.5) is 0 Å². The Morgan fingerprint density at radius 2 is 1.64 bits per heavy atom. The Balaban J connectivity index is 0.000000968. The molecule has 2 aromatic rings. The molecule has 182 valence electrons. The van der Waals surface area contributed by atoms with Gasteiger partial charge in [0.1, 0.15) is 0 Å². The van der Waals surface area contributed by atoms with E-state index in [-0.39, 0.29) is 6.04 Å². The third-order valence-corrected chi connectivity index (χ3v) is 6.28. The van der Waals surface area contributed by atoms with E-state index in [4.69, 9.17) is 9.79 Å². The lowest BCUT2D eigenvalue weighted by Gasteiger charge is -2.15. The average molecular weight is 471 g/mol. The number of carbonyl (C=O) groups excluding carboxylic acids is 1. The standard InChI is InChI=1S/C20H25N3S.C5H12.C2H5NO/c1-7-18(14(3)23-21-6)22-20(17-11-9-8-10-12-17)19-13(2)15(4)24-16(19)5;1-4-5(2)3;1-3-2-4/h8-12,18H,6-7H2,1-5H3;5H,4H2,1-3H3;2H,1H3,(H,3,4)/b22-20?,23-14+;;/t18-;;/m0../s1. The largest absolute Gasteiger partial charge is 0.362 e. The molecule has 0 aliphatic heterocycles. The SMILES string of the molecule is C=N/N=C(\C)[C@H](CC)N=C(c1ccccc1)c1c(C)sc(C)c1C.CCC(C)C.CNC=O. The number of carbonyl (C=O) groups is 1. The van der Waals surface area contributed by atoms with E-state index < -0.39 is 0 Å². The summed E-state index contributed by atoms with van der Waals surface area (Å²) in [5.41, 5.74) is 5.64. The number of amides is 1. The molecule has 0 radical (unpaired) electrons. The van der Waals surface area contributed by atoms with Crippen molar-refractivity contribution < 1.29 is 4.79 Å². The quantitative estimate of drug-likeness (QED) is 0.258. The van der Waals surface area contributed by atoms with Crippen molar-refractivity contribution in [1.82, 2.24) is 5.32 Å². The molecule has 33 heavy (non-hydrogen) atoms. The lowest BCUT2D eigenvalue weighted by atomic mass is 9.98. The number of thiophene rings is 1. The van der Waals surface area contributed by atoms with Gasteiger partial charge in [-0.05, 0) is 45.6 Å². The number of aliphatic imine (C=N–C) groups is 1. The highest BCUT2D eigenvalue weighted by molar-refractivity contribution is 7.12. The van der Waals surface area contributed by atoms with Gasteiger partial charge in [0.05, 0.1) is 17.5 Å². The van der Waals surface area contributed by atoms with Gasteiger partial charge >= 0.3 is 0 Å². The monoisotopic (exact) mass is 470 g/mol. The molecule has 1 amide bonds. The smallest absolute Gasteiger partial charge is 0.206 e. The Bertz CT molecular complexity index is 898. The predicted octanol–water partition coefficient (Wildman–Crippen LogP) is 6.78. The molecule has 1 atom stereocenters. The van der Waals surface area contributed by atoms with Crippen LogP contribution in [0.15, 0.2) is 45.5 Å². The van der Waals surface area contributed by atoms with Crippen molar-refractivity contribution in [1.29, 1.82) is 0 Å². The van der Waals surface area contributed by atoms with Gasteiger partial charge in [0.2, 0.25) is 6.41 Å². The summed E-state index contributed by atoms with van der Waals surface area (Å²) in [7, 11) is 1.56. The second-order valence-electron chi connectivity index (χ2n) is 8.07. The Hall–Kier alpha value is -2.60. The number of aryl methyl sites for hydroxylation is 2. The van der Waals surface area contributed by atoms with Gasteiger partial charge in [-0.25, -0.2) is 0 Å². The second-order valence-corrected chi connectivity index (χ2v) is 9.50. The van der Waals surface area contributed by atoms with E-state index in [0.29, 0.717) is 6.41 Å².